The number of hydrogen-bond acceptors (Lipinski definition) is 3. The first-order valence-corrected chi connectivity index (χ1v) is 8.55. The summed E-state index contributed by atoms with van der Waals surface area (Å²) in [7, 11) is 0. The number of hydrogen-bond donors (Lipinski definition) is 2. The Morgan fingerprint density at radius 3 is 2.70 bits per heavy atom. The lowest BCUT2D eigenvalue weighted by atomic mass is 9.93. The molecule has 1 aromatic rings. The smallest absolute Gasteiger partial charge is 0.312 e. The lowest BCUT2D eigenvalue weighted by Gasteiger charge is -2.32. The second-order valence-corrected chi connectivity index (χ2v) is 6.45. The van der Waals surface area contributed by atoms with E-state index in [-0.39, 0.29) is 0 Å². The van der Waals surface area contributed by atoms with Crippen LogP contribution in [0, 0.1) is 0 Å². The van der Waals surface area contributed by atoms with E-state index in [1.807, 2.05) is 42.1 Å². The van der Waals surface area contributed by atoms with Crippen LogP contribution in [0.3, 0.4) is 0 Å². The van der Waals surface area contributed by atoms with E-state index in [9.17, 15) is 9.90 Å². The average molecular weight is 293 g/mol. The molecule has 3 atom stereocenters. The molecule has 20 heavy (non-hydrogen) atoms. The number of aliphatic carboxylic acids is 1. The van der Waals surface area contributed by atoms with Crippen molar-refractivity contribution in [2.45, 2.75) is 42.9 Å². The first kappa shape index (κ1) is 15.4. The Labute approximate surface area is 125 Å². The molecule has 4 heteroatoms. The van der Waals surface area contributed by atoms with Crippen LogP contribution in [-0.4, -0.2) is 35.2 Å². The van der Waals surface area contributed by atoms with Crippen molar-refractivity contribution in [3.05, 3.63) is 35.9 Å². The predicted molar refractivity (Wildman–Crippen MR) is 84.4 cm³/mol. The summed E-state index contributed by atoms with van der Waals surface area (Å²) in [6, 6.07) is 9.96. The van der Waals surface area contributed by atoms with Crippen LogP contribution in [0.5, 0.6) is 0 Å². The molecule has 3 unspecified atom stereocenters. The van der Waals surface area contributed by atoms with Crippen LogP contribution in [0.15, 0.2) is 30.3 Å². The molecule has 1 aliphatic rings. The van der Waals surface area contributed by atoms with Gasteiger partial charge in [0.15, 0.2) is 0 Å². The van der Waals surface area contributed by atoms with Crippen LogP contribution < -0.4 is 5.32 Å². The Balaban J connectivity index is 1.97. The maximum atomic E-state index is 11.5. The quantitative estimate of drug-likeness (QED) is 0.846. The molecule has 1 fully saturated rings. The van der Waals surface area contributed by atoms with Gasteiger partial charge in [-0.2, -0.15) is 11.8 Å². The molecule has 0 spiro atoms. The number of carboxylic acids is 1. The zero-order valence-electron chi connectivity index (χ0n) is 11.9. The molecule has 2 rings (SSSR count). The summed E-state index contributed by atoms with van der Waals surface area (Å²) in [5, 5.41) is 13.6. The van der Waals surface area contributed by atoms with E-state index in [0.717, 1.165) is 12.0 Å². The molecule has 0 amide bonds. The van der Waals surface area contributed by atoms with Crippen molar-refractivity contribution in [1.29, 1.82) is 0 Å². The highest BCUT2D eigenvalue weighted by Gasteiger charge is 2.26. The fraction of sp³-hybridized carbons (Fsp3) is 0.562. The molecule has 0 aliphatic heterocycles. The molecule has 0 heterocycles. The first-order valence-electron chi connectivity index (χ1n) is 7.26. The first-order chi connectivity index (χ1) is 9.72. The largest absolute Gasteiger partial charge is 0.481 e. The number of benzene rings is 1. The Kier molecular flexibility index (Phi) is 5.92. The van der Waals surface area contributed by atoms with E-state index in [2.05, 4.69) is 11.6 Å². The van der Waals surface area contributed by atoms with Crippen LogP contribution in [0.4, 0.5) is 0 Å². The van der Waals surface area contributed by atoms with E-state index in [0.29, 0.717) is 17.8 Å². The second kappa shape index (κ2) is 7.70. The van der Waals surface area contributed by atoms with Gasteiger partial charge in [-0.3, -0.25) is 4.79 Å². The summed E-state index contributed by atoms with van der Waals surface area (Å²) < 4.78 is 0. The third-order valence-corrected chi connectivity index (χ3v) is 5.26. The van der Waals surface area contributed by atoms with Gasteiger partial charge in [0.1, 0.15) is 0 Å². The minimum Gasteiger partial charge on any atom is -0.481 e. The molecule has 1 aromatic carbocycles. The highest BCUT2D eigenvalue weighted by atomic mass is 32.2. The van der Waals surface area contributed by atoms with Gasteiger partial charge in [0.25, 0.3) is 0 Å². The molecule has 3 nitrogen and oxygen atoms in total. The summed E-state index contributed by atoms with van der Waals surface area (Å²) in [5.41, 5.74) is 0.879. The molecule has 2 N–H and O–H groups in total. The molecule has 0 bridgehead atoms. The van der Waals surface area contributed by atoms with Crippen molar-refractivity contribution in [2.75, 3.05) is 12.8 Å². The molecule has 0 aromatic heterocycles. The third kappa shape index (κ3) is 4.00. The van der Waals surface area contributed by atoms with Crippen molar-refractivity contribution in [2.24, 2.45) is 0 Å². The van der Waals surface area contributed by atoms with Gasteiger partial charge in [-0.05, 0) is 24.7 Å². The number of rotatable bonds is 6. The second-order valence-electron chi connectivity index (χ2n) is 5.37. The summed E-state index contributed by atoms with van der Waals surface area (Å²) in [6.07, 6.45) is 7.09. The predicted octanol–water partition coefficient (Wildman–Crippen LogP) is 3.12. The standard InChI is InChI=1S/C16H23NO2S/c1-20-15-10-6-5-9-14(15)17-11-13(16(18)19)12-7-3-2-4-8-12/h2-4,7-8,13-15,17H,5-6,9-11H2,1H3,(H,18,19). The zero-order chi connectivity index (χ0) is 14.4. The monoisotopic (exact) mass is 293 g/mol. The summed E-state index contributed by atoms with van der Waals surface area (Å²) in [4.78, 5) is 11.5. The Hall–Kier alpha value is -1.00. The fourth-order valence-corrected chi connectivity index (χ4v) is 3.88. The normalized spacial score (nSPS) is 24.2. The van der Waals surface area contributed by atoms with E-state index >= 15 is 0 Å². The van der Waals surface area contributed by atoms with E-state index in [1.54, 1.807) is 0 Å². The van der Waals surface area contributed by atoms with Gasteiger partial charge in [-0.1, -0.05) is 43.2 Å². The number of thioether (sulfide) groups is 1. The van der Waals surface area contributed by atoms with Gasteiger partial charge in [0.2, 0.25) is 0 Å². The van der Waals surface area contributed by atoms with Crippen molar-refractivity contribution in [3.63, 3.8) is 0 Å². The lowest BCUT2D eigenvalue weighted by Crippen LogP contribution is -2.43. The van der Waals surface area contributed by atoms with Gasteiger partial charge in [-0.25, -0.2) is 0 Å². The molecule has 1 saturated carbocycles. The SMILES string of the molecule is CSC1CCCCC1NCC(C(=O)O)c1ccccc1. The van der Waals surface area contributed by atoms with Gasteiger partial charge in [0.05, 0.1) is 5.92 Å². The maximum absolute atomic E-state index is 11.5. The molecular formula is C16H23NO2S. The summed E-state index contributed by atoms with van der Waals surface area (Å²) in [6.45, 7) is 0.515. The molecule has 1 aliphatic carbocycles. The molecular weight excluding hydrogens is 270 g/mol. The topological polar surface area (TPSA) is 49.3 Å². The van der Waals surface area contributed by atoms with Crippen LogP contribution in [0.2, 0.25) is 0 Å². The van der Waals surface area contributed by atoms with Gasteiger partial charge in [0, 0.05) is 17.8 Å². The van der Waals surface area contributed by atoms with E-state index in [4.69, 9.17) is 0 Å². The van der Waals surface area contributed by atoms with Crippen molar-refractivity contribution >= 4 is 17.7 Å². The Morgan fingerprint density at radius 1 is 1.35 bits per heavy atom. The zero-order valence-corrected chi connectivity index (χ0v) is 12.7. The number of nitrogens with one attached hydrogen (secondary N) is 1. The van der Waals surface area contributed by atoms with Gasteiger partial charge in [-0.15, -0.1) is 0 Å². The summed E-state index contributed by atoms with van der Waals surface area (Å²) in [5.74, 6) is -1.21. The van der Waals surface area contributed by atoms with E-state index < -0.39 is 11.9 Å². The lowest BCUT2D eigenvalue weighted by molar-refractivity contribution is -0.138. The third-order valence-electron chi connectivity index (χ3n) is 4.09. The molecule has 0 saturated heterocycles. The molecule has 110 valence electrons. The average Bonchev–Trinajstić information content (AvgIpc) is 2.48. The fourth-order valence-electron chi connectivity index (χ4n) is 2.91. The van der Waals surface area contributed by atoms with Crippen molar-refractivity contribution in [1.82, 2.24) is 5.32 Å². The highest BCUT2D eigenvalue weighted by molar-refractivity contribution is 7.99. The van der Waals surface area contributed by atoms with Crippen LogP contribution in [0.1, 0.15) is 37.2 Å². The van der Waals surface area contributed by atoms with Gasteiger partial charge >= 0.3 is 5.97 Å². The van der Waals surface area contributed by atoms with Crippen LogP contribution in [-0.2, 0) is 4.79 Å². The number of carbonyl (C=O) groups is 1. The van der Waals surface area contributed by atoms with Crippen LogP contribution >= 0.6 is 11.8 Å². The maximum Gasteiger partial charge on any atom is 0.312 e. The van der Waals surface area contributed by atoms with Crippen LogP contribution in [0.25, 0.3) is 0 Å². The molecule has 0 radical (unpaired) electrons. The minimum atomic E-state index is -0.750. The highest BCUT2D eigenvalue weighted by Crippen LogP contribution is 2.27. The minimum absolute atomic E-state index is 0.448. The Morgan fingerprint density at radius 2 is 2.05 bits per heavy atom. The number of carboxylic acid groups (broad SMARTS) is 1. The van der Waals surface area contributed by atoms with E-state index in [1.165, 1.54) is 19.3 Å². The van der Waals surface area contributed by atoms with Gasteiger partial charge < -0.3 is 10.4 Å². The summed E-state index contributed by atoms with van der Waals surface area (Å²) >= 11 is 1.90. The Bertz CT molecular complexity index is 424. The van der Waals surface area contributed by atoms with Crippen molar-refractivity contribution in [3.8, 4) is 0 Å². The van der Waals surface area contributed by atoms with Crippen molar-refractivity contribution < 1.29 is 9.90 Å².